The van der Waals surface area contributed by atoms with Gasteiger partial charge in [-0.05, 0) is 38.0 Å². The Morgan fingerprint density at radius 1 is 1.07 bits per heavy atom. The molecule has 0 radical (unpaired) electrons. The molecule has 0 heterocycles. The predicted molar refractivity (Wildman–Crippen MR) is 61.1 cm³/mol. The van der Waals surface area contributed by atoms with Gasteiger partial charge in [-0.1, -0.05) is 37.8 Å². The van der Waals surface area contributed by atoms with Crippen LogP contribution in [0.3, 0.4) is 0 Å². The van der Waals surface area contributed by atoms with Crippen LogP contribution in [-0.4, -0.2) is 5.54 Å². The van der Waals surface area contributed by atoms with Crippen LogP contribution in [0.2, 0.25) is 0 Å². The quantitative estimate of drug-likeness (QED) is 0.635. The third-order valence-corrected chi connectivity index (χ3v) is 4.31. The van der Waals surface area contributed by atoms with Crippen LogP contribution < -0.4 is 5.73 Å². The summed E-state index contributed by atoms with van der Waals surface area (Å²) in [4.78, 5) is 0. The molecule has 2 aliphatic carbocycles. The lowest BCUT2D eigenvalue weighted by Crippen LogP contribution is -2.50. The first-order valence-corrected chi connectivity index (χ1v) is 6.20. The Labute approximate surface area is 87.8 Å². The summed E-state index contributed by atoms with van der Waals surface area (Å²) < 4.78 is 0. The molecule has 2 saturated carbocycles. The third kappa shape index (κ3) is 1.75. The molecule has 2 aliphatic rings. The first-order valence-electron chi connectivity index (χ1n) is 6.20. The van der Waals surface area contributed by atoms with Crippen molar-refractivity contribution in [3.05, 3.63) is 12.2 Å². The largest absolute Gasteiger partial charge is 0.321 e. The van der Waals surface area contributed by atoms with E-state index >= 15 is 0 Å². The molecule has 14 heavy (non-hydrogen) atoms. The van der Waals surface area contributed by atoms with Crippen molar-refractivity contribution in [1.29, 1.82) is 0 Å². The molecule has 80 valence electrons. The van der Waals surface area contributed by atoms with E-state index in [1.807, 2.05) is 0 Å². The number of hydrogen-bond donors (Lipinski definition) is 1. The monoisotopic (exact) mass is 193 g/mol. The Bertz CT molecular complexity index is 215. The van der Waals surface area contributed by atoms with E-state index in [1.165, 1.54) is 63.4 Å². The highest BCUT2D eigenvalue weighted by molar-refractivity contribution is 5.20. The number of rotatable bonds is 1. The van der Waals surface area contributed by atoms with E-state index in [0.717, 1.165) is 5.92 Å². The average molecular weight is 193 g/mol. The second kappa shape index (κ2) is 4.06. The zero-order chi connectivity index (χ0) is 10.0. The van der Waals surface area contributed by atoms with Gasteiger partial charge in [0.25, 0.3) is 0 Å². The summed E-state index contributed by atoms with van der Waals surface area (Å²) in [5.74, 6) is 0.740. The fourth-order valence-electron chi connectivity index (χ4n) is 3.28. The first kappa shape index (κ1) is 10.2. The van der Waals surface area contributed by atoms with Gasteiger partial charge in [0, 0.05) is 5.54 Å². The van der Waals surface area contributed by atoms with Gasteiger partial charge >= 0.3 is 0 Å². The fourth-order valence-corrected chi connectivity index (χ4v) is 3.28. The Balaban J connectivity index is 2.07. The van der Waals surface area contributed by atoms with Gasteiger partial charge in [0.2, 0.25) is 0 Å². The first-order chi connectivity index (χ1) is 6.73. The van der Waals surface area contributed by atoms with Crippen LogP contribution in [-0.2, 0) is 0 Å². The summed E-state index contributed by atoms with van der Waals surface area (Å²) in [5.41, 5.74) is 7.93. The molecule has 1 heteroatoms. The summed E-state index contributed by atoms with van der Waals surface area (Å²) in [6, 6.07) is 0. The van der Waals surface area contributed by atoms with Gasteiger partial charge in [0.05, 0.1) is 0 Å². The molecule has 2 rings (SSSR count). The van der Waals surface area contributed by atoms with Crippen molar-refractivity contribution in [2.75, 3.05) is 0 Å². The molecule has 1 unspecified atom stereocenters. The van der Waals surface area contributed by atoms with Crippen LogP contribution in [0.5, 0.6) is 0 Å². The summed E-state index contributed by atoms with van der Waals surface area (Å²) in [6.07, 6.45) is 11.9. The molecule has 0 aliphatic heterocycles. The molecule has 0 bridgehead atoms. The summed E-state index contributed by atoms with van der Waals surface area (Å²) in [7, 11) is 0. The maximum absolute atomic E-state index is 6.58. The summed E-state index contributed by atoms with van der Waals surface area (Å²) in [5, 5.41) is 0. The van der Waals surface area contributed by atoms with Crippen molar-refractivity contribution in [2.24, 2.45) is 11.7 Å². The van der Waals surface area contributed by atoms with Gasteiger partial charge in [-0.3, -0.25) is 0 Å². The van der Waals surface area contributed by atoms with Gasteiger partial charge in [-0.25, -0.2) is 0 Å². The molecule has 0 amide bonds. The van der Waals surface area contributed by atoms with Gasteiger partial charge in [-0.15, -0.1) is 0 Å². The molecule has 2 fully saturated rings. The Morgan fingerprint density at radius 3 is 2.43 bits per heavy atom. The molecule has 0 aromatic rings. The van der Waals surface area contributed by atoms with Crippen molar-refractivity contribution < 1.29 is 0 Å². The minimum absolute atomic E-state index is 0.0126. The van der Waals surface area contributed by atoms with Crippen LogP contribution in [0.1, 0.15) is 57.8 Å². The van der Waals surface area contributed by atoms with Gasteiger partial charge in [0.1, 0.15) is 0 Å². The Morgan fingerprint density at radius 2 is 1.79 bits per heavy atom. The maximum Gasteiger partial charge on any atom is 0.0394 e. The van der Waals surface area contributed by atoms with Crippen molar-refractivity contribution in [3.63, 3.8) is 0 Å². The van der Waals surface area contributed by atoms with E-state index in [0.29, 0.717) is 0 Å². The topological polar surface area (TPSA) is 26.0 Å². The summed E-state index contributed by atoms with van der Waals surface area (Å²) in [6.45, 7) is 4.22. The molecule has 0 aromatic heterocycles. The van der Waals surface area contributed by atoms with Crippen molar-refractivity contribution in [1.82, 2.24) is 0 Å². The van der Waals surface area contributed by atoms with Crippen LogP contribution in [0.15, 0.2) is 12.2 Å². The second-order valence-electron chi connectivity index (χ2n) is 5.19. The molecule has 1 atom stereocenters. The summed E-state index contributed by atoms with van der Waals surface area (Å²) >= 11 is 0. The lowest BCUT2D eigenvalue weighted by Gasteiger charge is -2.44. The van der Waals surface area contributed by atoms with Crippen molar-refractivity contribution in [3.8, 4) is 0 Å². The zero-order valence-corrected chi connectivity index (χ0v) is 9.23. The van der Waals surface area contributed by atoms with Crippen LogP contribution >= 0.6 is 0 Å². The van der Waals surface area contributed by atoms with Crippen molar-refractivity contribution >= 4 is 0 Å². The highest BCUT2D eigenvalue weighted by Crippen LogP contribution is 2.42. The van der Waals surface area contributed by atoms with E-state index in [1.54, 1.807) is 0 Å². The molecule has 0 saturated heterocycles. The molecular formula is C13H23N. The van der Waals surface area contributed by atoms with Crippen molar-refractivity contribution in [2.45, 2.75) is 63.3 Å². The lowest BCUT2D eigenvalue weighted by molar-refractivity contribution is 0.204. The number of hydrogen-bond acceptors (Lipinski definition) is 1. The van der Waals surface area contributed by atoms with E-state index in [-0.39, 0.29) is 5.54 Å². The number of nitrogens with two attached hydrogens (primary N) is 1. The van der Waals surface area contributed by atoms with Gasteiger partial charge in [0.15, 0.2) is 0 Å². The van der Waals surface area contributed by atoms with E-state index in [4.69, 9.17) is 5.73 Å². The van der Waals surface area contributed by atoms with Gasteiger partial charge in [-0.2, -0.15) is 0 Å². The van der Waals surface area contributed by atoms with Crippen LogP contribution in [0.4, 0.5) is 0 Å². The molecular weight excluding hydrogens is 170 g/mol. The maximum atomic E-state index is 6.58. The van der Waals surface area contributed by atoms with E-state index < -0.39 is 0 Å². The highest BCUT2D eigenvalue weighted by atomic mass is 14.8. The Hall–Kier alpha value is -0.300. The fraction of sp³-hybridized carbons (Fsp3) is 0.846. The van der Waals surface area contributed by atoms with E-state index in [2.05, 4.69) is 6.58 Å². The zero-order valence-electron chi connectivity index (χ0n) is 9.23. The SMILES string of the molecule is C=C1CCCCC1(N)C1CCCCC1. The predicted octanol–water partition coefficient (Wildman–Crippen LogP) is 3.39. The third-order valence-electron chi connectivity index (χ3n) is 4.31. The average Bonchev–Trinajstić information content (AvgIpc) is 2.24. The Kier molecular flexibility index (Phi) is 2.96. The second-order valence-corrected chi connectivity index (χ2v) is 5.19. The van der Waals surface area contributed by atoms with Crippen LogP contribution in [0.25, 0.3) is 0 Å². The van der Waals surface area contributed by atoms with Crippen LogP contribution in [0, 0.1) is 5.92 Å². The molecule has 1 nitrogen and oxygen atoms in total. The normalized spacial score (nSPS) is 35.9. The minimum Gasteiger partial charge on any atom is -0.321 e. The minimum atomic E-state index is 0.0126. The van der Waals surface area contributed by atoms with Gasteiger partial charge < -0.3 is 5.73 Å². The standard InChI is InChI=1S/C13H23N/c1-11-7-5-6-10-13(11,14)12-8-3-2-4-9-12/h12H,1-10,14H2. The highest BCUT2D eigenvalue weighted by Gasteiger charge is 2.38. The molecule has 2 N–H and O–H groups in total. The lowest BCUT2D eigenvalue weighted by atomic mass is 9.66. The smallest absolute Gasteiger partial charge is 0.0394 e. The molecule has 0 aromatic carbocycles. The molecule has 0 spiro atoms. The van der Waals surface area contributed by atoms with E-state index in [9.17, 15) is 0 Å².